The van der Waals surface area contributed by atoms with E-state index in [4.69, 9.17) is 4.74 Å². The van der Waals surface area contributed by atoms with Crippen LogP contribution in [0.25, 0.3) is 27.7 Å². The largest absolute Gasteiger partial charge is 0.496 e. The summed E-state index contributed by atoms with van der Waals surface area (Å²) in [6, 6.07) is 8.03. The van der Waals surface area contributed by atoms with Gasteiger partial charge in [-0.1, -0.05) is 6.08 Å². The second kappa shape index (κ2) is 8.60. The van der Waals surface area contributed by atoms with Gasteiger partial charge in [0.1, 0.15) is 17.2 Å². The van der Waals surface area contributed by atoms with Gasteiger partial charge in [-0.15, -0.1) is 0 Å². The van der Waals surface area contributed by atoms with Gasteiger partial charge in [0.05, 0.1) is 14.2 Å². The van der Waals surface area contributed by atoms with Crippen LogP contribution >= 0.6 is 0 Å². The molecule has 0 spiro atoms. The van der Waals surface area contributed by atoms with Gasteiger partial charge in [-0.25, -0.2) is 18.9 Å². The lowest BCUT2D eigenvalue weighted by Gasteiger charge is -2.25. The summed E-state index contributed by atoms with van der Waals surface area (Å²) in [5.41, 5.74) is 3.68. The molecule has 0 radical (unpaired) electrons. The number of rotatable bonds is 5. The molecule has 11 heteroatoms. The molecule has 1 aromatic carbocycles. The molecule has 1 aliphatic heterocycles. The third-order valence-electron chi connectivity index (χ3n) is 5.24. The van der Waals surface area contributed by atoms with E-state index in [9.17, 15) is 17.6 Å². The number of ether oxygens (including phenoxy) is 2. The second-order valence-electron chi connectivity index (χ2n) is 7.08. The van der Waals surface area contributed by atoms with Gasteiger partial charge < -0.3 is 14.5 Å². The number of hydrogen-bond donors (Lipinski definition) is 2. The maximum absolute atomic E-state index is 13.9. The van der Waals surface area contributed by atoms with Gasteiger partial charge in [0, 0.05) is 35.9 Å². The summed E-state index contributed by atoms with van der Waals surface area (Å²) in [6.07, 6.45) is 2.78. The van der Waals surface area contributed by atoms with Crippen molar-refractivity contribution < 1.29 is 27.1 Å². The lowest BCUT2D eigenvalue weighted by Crippen LogP contribution is -2.45. The van der Waals surface area contributed by atoms with Crippen molar-refractivity contribution in [1.29, 1.82) is 0 Å². The quantitative estimate of drug-likeness (QED) is 0.605. The van der Waals surface area contributed by atoms with Gasteiger partial charge in [0.15, 0.2) is 0 Å². The lowest BCUT2D eigenvalue weighted by molar-refractivity contribution is 0.177. The van der Waals surface area contributed by atoms with E-state index in [2.05, 4.69) is 14.7 Å². The number of nitrogens with zero attached hydrogens (tertiary/aromatic N) is 2. The molecule has 3 aromatic rings. The van der Waals surface area contributed by atoms with Crippen LogP contribution in [0.4, 0.5) is 9.18 Å². The number of methoxy groups -OCH3 is 2. The predicted octanol–water partition coefficient (Wildman–Crippen LogP) is 3.07. The molecule has 0 bridgehead atoms. The highest BCUT2D eigenvalue weighted by Gasteiger charge is 2.27. The highest BCUT2D eigenvalue weighted by molar-refractivity contribution is 7.87. The molecule has 2 aromatic heterocycles. The summed E-state index contributed by atoms with van der Waals surface area (Å²) in [6.45, 7) is 0.278. The van der Waals surface area contributed by atoms with Crippen molar-refractivity contribution >= 4 is 32.9 Å². The first-order chi connectivity index (χ1) is 15.3. The summed E-state index contributed by atoms with van der Waals surface area (Å²) in [7, 11) is -1.37. The third kappa shape index (κ3) is 4.16. The van der Waals surface area contributed by atoms with E-state index in [1.54, 1.807) is 24.4 Å². The van der Waals surface area contributed by atoms with Crippen molar-refractivity contribution in [1.82, 2.24) is 19.0 Å². The average molecular weight is 460 g/mol. The normalized spacial score (nSPS) is 14.8. The number of fused-ring (bicyclic) bond motifs is 1. The maximum atomic E-state index is 13.9. The fourth-order valence-corrected chi connectivity index (χ4v) is 4.68. The number of halogens is 1. The van der Waals surface area contributed by atoms with Gasteiger partial charge in [-0.3, -0.25) is 0 Å². The van der Waals surface area contributed by atoms with Crippen molar-refractivity contribution in [3.63, 3.8) is 0 Å². The highest BCUT2D eigenvalue weighted by Crippen LogP contribution is 2.36. The number of benzene rings is 1. The van der Waals surface area contributed by atoms with Crippen LogP contribution in [0.15, 0.2) is 42.6 Å². The van der Waals surface area contributed by atoms with Crippen molar-refractivity contribution in [3.8, 4) is 16.9 Å². The Morgan fingerprint density at radius 2 is 2.03 bits per heavy atom. The molecule has 0 saturated carbocycles. The van der Waals surface area contributed by atoms with Crippen molar-refractivity contribution in [2.75, 3.05) is 27.3 Å². The van der Waals surface area contributed by atoms with Gasteiger partial charge in [-0.2, -0.15) is 12.7 Å². The highest BCUT2D eigenvalue weighted by atomic mass is 32.2. The summed E-state index contributed by atoms with van der Waals surface area (Å²) in [5.74, 6) is 0.163. The Balaban J connectivity index is 1.65. The Morgan fingerprint density at radius 3 is 2.72 bits per heavy atom. The number of aromatic nitrogens is 2. The molecule has 32 heavy (non-hydrogen) atoms. The number of carbonyl (C=O) groups excluding carboxylic acids is 1. The van der Waals surface area contributed by atoms with Crippen molar-refractivity contribution in [3.05, 3.63) is 54.1 Å². The van der Waals surface area contributed by atoms with Crippen LogP contribution in [0, 0.1) is 5.82 Å². The lowest BCUT2D eigenvalue weighted by atomic mass is 10.0. The van der Waals surface area contributed by atoms with Crippen LogP contribution in [-0.4, -0.2) is 56.1 Å². The number of H-pyrrole nitrogens is 1. The molecule has 9 nitrogen and oxygen atoms in total. The Hall–Kier alpha value is -3.44. The monoisotopic (exact) mass is 460 g/mol. The average Bonchev–Trinajstić information content (AvgIpc) is 3.23. The molecule has 168 valence electrons. The molecule has 1 aliphatic rings. The fraction of sp³-hybridized carbons (Fsp3) is 0.238. The first kappa shape index (κ1) is 21.8. The number of pyridine rings is 1. The molecular formula is C21H21FN4O5S. The van der Waals surface area contributed by atoms with E-state index in [-0.39, 0.29) is 18.9 Å². The number of nitrogens with one attached hydrogen (secondary N) is 2. The van der Waals surface area contributed by atoms with Crippen LogP contribution in [0.5, 0.6) is 5.75 Å². The standard InChI is InChI=1S/C21H21FN4O5S/c1-30-19-4-3-14(22)11-16(19)15-5-8-23-20-17(15)12-18(24-20)13-6-9-26(10-7-13)32(28,29)25-21(27)31-2/h3-6,8,11-12H,7,9-10H2,1-2H3,(H,23,24)(H,25,27). The zero-order chi connectivity index (χ0) is 22.9. The van der Waals surface area contributed by atoms with Crippen LogP contribution in [0.1, 0.15) is 12.1 Å². The topological polar surface area (TPSA) is 114 Å². The van der Waals surface area contributed by atoms with E-state index in [0.29, 0.717) is 23.4 Å². The summed E-state index contributed by atoms with van der Waals surface area (Å²) >= 11 is 0. The zero-order valence-electron chi connectivity index (χ0n) is 17.4. The summed E-state index contributed by atoms with van der Waals surface area (Å²) in [4.78, 5) is 18.9. The minimum absolute atomic E-state index is 0.0923. The molecule has 2 N–H and O–H groups in total. The predicted molar refractivity (Wildman–Crippen MR) is 117 cm³/mol. The smallest absolute Gasteiger partial charge is 0.421 e. The molecule has 1 amide bonds. The first-order valence-corrected chi connectivity index (χ1v) is 11.1. The molecule has 0 atom stereocenters. The van der Waals surface area contributed by atoms with Crippen molar-refractivity contribution in [2.24, 2.45) is 0 Å². The van der Waals surface area contributed by atoms with Gasteiger partial charge in [-0.05, 0) is 47.9 Å². The molecule has 0 aliphatic carbocycles. The molecule has 3 heterocycles. The Kier molecular flexibility index (Phi) is 5.85. The van der Waals surface area contributed by atoms with Gasteiger partial charge in [0.2, 0.25) is 0 Å². The van der Waals surface area contributed by atoms with E-state index in [1.165, 1.54) is 19.2 Å². The molecule has 4 rings (SSSR count). The van der Waals surface area contributed by atoms with Gasteiger partial charge >= 0.3 is 16.3 Å². The minimum Gasteiger partial charge on any atom is -0.496 e. The summed E-state index contributed by atoms with van der Waals surface area (Å²) in [5, 5.41) is 0.787. The van der Waals surface area contributed by atoms with E-state index in [0.717, 1.165) is 33.6 Å². The molecule has 0 fully saturated rings. The SMILES string of the molecule is COC(=O)NS(=O)(=O)N1CC=C(c2cc3c(-c4cc(F)ccc4OC)ccnc3[nH]2)CC1. The second-order valence-corrected chi connectivity index (χ2v) is 8.76. The number of hydrogen-bond acceptors (Lipinski definition) is 6. The van der Waals surface area contributed by atoms with E-state index >= 15 is 0 Å². The van der Waals surface area contributed by atoms with E-state index in [1.807, 2.05) is 10.8 Å². The first-order valence-electron chi connectivity index (χ1n) is 9.69. The minimum atomic E-state index is -3.99. The van der Waals surface area contributed by atoms with Crippen LogP contribution < -0.4 is 9.46 Å². The molecule has 0 unspecified atom stereocenters. The fourth-order valence-electron chi connectivity index (χ4n) is 3.65. The van der Waals surface area contributed by atoms with Crippen molar-refractivity contribution in [2.45, 2.75) is 6.42 Å². The van der Waals surface area contributed by atoms with Crippen LogP contribution in [0.2, 0.25) is 0 Å². The number of carbonyl (C=O) groups is 1. The van der Waals surface area contributed by atoms with Crippen LogP contribution in [0.3, 0.4) is 0 Å². The van der Waals surface area contributed by atoms with E-state index < -0.39 is 16.3 Å². The zero-order valence-corrected chi connectivity index (χ0v) is 18.2. The Bertz CT molecular complexity index is 1320. The Morgan fingerprint density at radius 1 is 1.22 bits per heavy atom. The summed E-state index contributed by atoms with van der Waals surface area (Å²) < 4.78 is 51.2. The molecule has 0 saturated heterocycles. The Labute approximate surface area is 184 Å². The number of aromatic amines is 1. The third-order valence-corrected chi connectivity index (χ3v) is 6.68. The molecular weight excluding hydrogens is 439 g/mol. The maximum Gasteiger partial charge on any atom is 0.421 e. The van der Waals surface area contributed by atoms with Crippen LogP contribution in [-0.2, 0) is 14.9 Å². The number of amides is 1. The van der Waals surface area contributed by atoms with Gasteiger partial charge in [0.25, 0.3) is 0 Å².